The summed E-state index contributed by atoms with van der Waals surface area (Å²) >= 11 is 0. The van der Waals surface area contributed by atoms with Crippen LogP contribution in [0.1, 0.15) is 63.8 Å². The van der Waals surface area contributed by atoms with E-state index >= 15 is 0 Å². The lowest BCUT2D eigenvalue weighted by molar-refractivity contribution is -0.142. The van der Waals surface area contributed by atoms with Crippen LogP contribution in [-0.4, -0.2) is 52.9 Å². The molecule has 0 bridgehead atoms. The van der Waals surface area contributed by atoms with Gasteiger partial charge in [0.05, 0.1) is 12.5 Å². The molecule has 0 saturated heterocycles. The summed E-state index contributed by atoms with van der Waals surface area (Å²) in [5.74, 6) is -2.16. The van der Waals surface area contributed by atoms with Crippen molar-refractivity contribution in [3.63, 3.8) is 0 Å². The summed E-state index contributed by atoms with van der Waals surface area (Å²) in [5, 5.41) is 14.6. The number of primary amides is 1. The van der Waals surface area contributed by atoms with Gasteiger partial charge >= 0.3 is 6.09 Å². The number of nitrogens with one attached hydrogen (secondary N) is 2. The number of nitriles is 1. The van der Waals surface area contributed by atoms with Crippen molar-refractivity contribution in [1.82, 2.24) is 15.5 Å². The summed E-state index contributed by atoms with van der Waals surface area (Å²) in [7, 11) is 0. The van der Waals surface area contributed by atoms with Gasteiger partial charge in [0.15, 0.2) is 0 Å². The Balaban J connectivity index is 3.51. The van der Waals surface area contributed by atoms with Crippen molar-refractivity contribution < 1.29 is 23.9 Å². The van der Waals surface area contributed by atoms with Crippen molar-refractivity contribution in [2.75, 3.05) is 6.54 Å². The summed E-state index contributed by atoms with van der Waals surface area (Å²) in [6, 6.07) is 4.47. The number of hydrogen-bond acceptors (Lipinski definition) is 6. The Labute approximate surface area is 200 Å². The fraction of sp³-hybridized carbons (Fsp3) is 0.542. The molecule has 0 fully saturated rings. The molecule has 0 aromatic heterocycles. The first-order valence-electron chi connectivity index (χ1n) is 11.0. The average Bonchev–Trinajstić information content (AvgIpc) is 2.63. The zero-order valence-electron chi connectivity index (χ0n) is 20.9. The quantitative estimate of drug-likeness (QED) is 0.466. The second-order valence-electron chi connectivity index (χ2n) is 9.48. The van der Waals surface area contributed by atoms with E-state index in [0.29, 0.717) is 5.56 Å². The van der Waals surface area contributed by atoms with E-state index in [4.69, 9.17) is 10.5 Å². The zero-order chi connectivity index (χ0) is 26.2. The number of hydrogen-bond donors (Lipinski definition) is 3. The fourth-order valence-electron chi connectivity index (χ4n) is 3.43. The minimum absolute atomic E-state index is 0.235. The van der Waals surface area contributed by atoms with Gasteiger partial charge in [0, 0.05) is 6.04 Å². The Morgan fingerprint density at radius 2 is 1.65 bits per heavy atom. The fourth-order valence-corrected chi connectivity index (χ4v) is 3.43. The molecule has 2 unspecified atom stereocenters. The Hall–Kier alpha value is -3.61. The smallest absolute Gasteiger partial charge is 0.408 e. The lowest BCUT2D eigenvalue weighted by Crippen LogP contribution is -2.54. The summed E-state index contributed by atoms with van der Waals surface area (Å²) in [6.45, 7) is 11.7. The van der Waals surface area contributed by atoms with Crippen molar-refractivity contribution in [1.29, 1.82) is 5.26 Å². The highest BCUT2D eigenvalue weighted by atomic mass is 16.6. The van der Waals surface area contributed by atoms with Crippen molar-refractivity contribution in [2.24, 2.45) is 5.73 Å². The van der Waals surface area contributed by atoms with Crippen LogP contribution in [0, 0.1) is 25.2 Å². The number of nitrogens with two attached hydrogens (primary N) is 1. The molecule has 0 heterocycles. The molecule has 2 atom stereocenters. The van der Waals surface area contributed by atoms with Gasteiger partial charge in [-0.05, 0) is 54.0 Å². The number of benzene rings is 1. The molecule has 0 aliphatic heterocycles. The average molecular weight is 474 g/mol. The Morgan fingerprint density at radius 1 is 1.09 bits per heavy atom. The zero-order valence-corrected chi connectivity index (χ0v) is 20.9. The number of aryl methyl sites for hydroxylation is 2. The van der Waals surface area contributed by atoms with Gasteiger partial charge in [-0.2, -0.15) is 5.26 Å². The van der Waals surface area contributed by atoms with Crippen LogP contribution in [0.3, 0.4) is 0 Å². The van der Waals surface area contributed by atoms with E-state index in [1.807, 2.05) is 26.0 Å². The second kappa shape index (κ2) is 12.0. The van der Waals surface area contributed by atoms with Crippen LogP contribution in [0.5, 0.6) is 0 Å². The third-order valence-corrected chi connectivity index (χ3v) is 4.47. The van der Waals surface area contributed by atoms with Gasteiger partial charge in [0.1, 0.15) is 24.2 Å². The molecule has 0 saturated carbocycles. The normalized spacial score (nSPS) is 12.8. The summed E-state index contributed by atoms with van der Waals surface area (Å²) in [5.41, 5.74) is 6.68. The van der Waals surface area contributed by atoms with Crippen LogP contribution in [0.4, 0.5) is 4.79 Å². The van der Waals surface area contributed by atoms with Gasteiger partial charge in [0.2, 0.25) is 17.7 Å². The highest BCUT2D eigenvalue weighted by Crippen LogP contribution is 2.25. The predicted octanol–water partition coefficient (Wildman–Crippen LogP) is 1.99. The maximum Gasteiger partial charge on any atom is 0.408 e. The van der Waals surface area contributed by atoms with E-state index in [1.54, 1.807) is 46.8 Å². The molecule has 4 N–H and O–H groups in total. The molecule has 10 nitrogen and oxygen atoms in total. The minimum atomic E-state index is -1.43. The van der Waals surface area contributed by atoms with Gasteiger partial charge in [-0.25, -0.2) is 4.79 Å². The lowest BCUT2D eigenvalue weighted by atomic mass is 9.98. The van der Waals surface area contributed by atoms with Gasteiger partial charge in [0.25, 0.3) is 0 Å². The third-order valence-electron chi connectivity index (χ3n) is 4.47. The van der Waals surface area contributed by atoms with E-state index < -0.39 is 54.5 Å². The number of rotatable bonds is 9. The highest BCUT2D eigenvalue weighted by molar-refractivity contribution is 5.94. The van der Waals surface area contributed by atoms with Gasteiger partial charge in [-0.15, -0.1) is 0 Å². The lowest BCUT2D eigenvalue weighted by Gasteiger charge is -2.33. The number of amides is 4. The van der Waals surface area contributed by atoms with Crippen LogP contribution in [-0.2, 0) is 19.1 Å². The number of carbonyl (C=O) groups is 4. The van der Waals surface area contributed by atoms with E-state index in [0.717, 1.165) is 16.0 Å². The maximum atomic E-state index is 13.6. The van der Waals surface area contributed by atoms with Crippen molar-refractivity contribution in [3.8, 4) is 6.07 Å². The summed E-state index contributed by atoms with van der Waals surface area (Å²) < 4.78 is 5.20. The highest BCUT2D eigenvalue weighted by Gasteiger charge is 2.37. The molecular weight excluding hydrogens is 438 g/mol. The Morgan fingerprint density at radius 3 is 2.09 bits per heavy atom. The maximum absolute atomic E-state index is 13.6. The molecular formula is C24H35N5O5. The first-order valence-corrected chi connectivity index (χ1v) is 11.0. The van der Waals surface area contributed by atoms with E-state index in [9.17, 15) is 24.4 Å². The van der Waals surface area contributed by atoms with Crippen LogP contribution >= 0.6 is 0 Å². The number of nitrogens with zero attached hydrogens (tertiary/aromatic N) is 2. The molecule has 0 aliphatic carbocycles. The number of ether oxygens (including phenoxy) is 1. The summed E-state index contributed by atoms with van der Waals surface area (Å²) in [4.78, 5) is 51.9. The Kier molecular flexibility index (Phi) is 10.0. The van der Waals surface area contributed by atoms with Crippen molar-refractivity contribution >= 4 is 23.8 Å². The first kappa shape index (κ1) is 28.4. The Bertz CT molecular complexity index is 941. The van der Waals surface area contributed by atoms with Crippen molar-refractivity contribution in [3.05, 3.63) is 34.9 Å². The van der Waals surface area contributed by atoms with E-state index in [-0.39, 0.29) is 6.04 Å². The monoisotopic (exact) mass is 473 g/mol. The van der Waals surface area contributed by atoms with Crippen LogP contribution in [0.2, 0.25) is 0 Å². The van der Waals surface area contributed by atoms with Crippen LogP contribution in [0.15, 0.2) is 18.2 Å². The molecule has 1 rings (SSSR count). The van der Waals surface area contributed by atoms with Gasteiger partial charge < -0.3 is 26.0 Å². The molecule has 1 aromatic rings. The molecule has 0 aliphatic rings. The molecule has 0 radical (unpaired) electrons. The van der Waals surface area contributed by atoms with Crippen LogP contribution in [0.25, 0.3) is 0 Å². The first-order chi connectivity index (χ1) is 15.6. The minimum Gasteiger partial charge on any atom is -0.444 e. The van der Waals surface area contributed by atoms with Crippen molar-refractivity contribution in [2.45, 2.75) is 78.6 Å². The second-order valence-corrected chi connectivity index (χ2v) is 9.48. The SMILES string of the molecule is Cc1cc(C)cc(C(C(=O)NC(C)C)N(CC#N)C(=O)C(CC(N)=O)NC(=O)OC(C)(C)C)c1. The summed E-state index contributed by atoms with van der Waals surface area (Å²) in [6.07, 6.45) is -1.47. The largest absolute Gasteiger partial charge is 0.444 e. The molecule has 0 spiro atoms. The topological polar surface area (TPSA) is 155 Å². The van der Waals surface area contributed by atoms with Gasteiger partial charge in [-0.3, -0.25) is 14.4 Å². The van der Waals surface area contributed by atoms with Crippen LogP contribution < -0.4 is 16.4 Å². The molecule has 34 heavy (non-hydrogen) atoms. The van der Waals surface area contributed by atoms with Gasteiger partial charge in [-0.1, -0.05) is 29.3 Å². The molecule has 10 heteroatoms. The molecule has 4 amide bonds. The third kappa shape index (κ3) is 9.10. The predicted molar refractivity (Wildman–Crippen MR) is 126 cm³/mol. The molecule has 186 valence electrons. The standard InChI is InChI=1S/C24H35N5O5/c1-14(2)27-21(31)20(17-11-15(3)10-16(4)12-17)29(9-8-25)22(32)18(13-19(26)30)28-23(33)34-24(5,6)7/h10-12,14,18,20H,9,13H2,1-7H3,(H2,26,30)(H,27,31)(H,28,33). The number of alkyl carbamates (subject to hydrolysis) is 1. The van der Waals surface area contributed by atoms with E-state index in [2.05, 4.69) is 10.6 Å². The van der Waals surface area contributed by atoms with E-state index in [1.165, 1.54) is 0 Å². The number of carbonyl (C=O) groups excluding carboxylic acids is 4. The molecule has 1 aromatic carbocycles.